The van der Waals surface area contributed by atoms with Gasteiger partial charge < -0.3 is 15.6 Å². The molecule has 0 aliphatic heterocycles. The number of benzene rings is 1. The maximum atomic E-state index is 12.0. The third-order valence-electron chi connectivity index (χ3n) is 2.86. The second-order valence-corrected chi connectivity index (χ2v) is 5.48. The molecule has 0 saturated carbocycles. The van der Waals surface area contributed by atoms with Crippen LogP contribution in [-0.4, -0.2) is 34.4 Å². The lowest BCUT2D eigenvalue weighted by Crippen LogP contribution is -2.39. The minimum atomic E-state index is -0.402. The molecule has 0 bridgehead atoms. The Morgan fingerprint density at radius 3 is 2.68 bits per heavy atom. The molecule has 0 radical (unpaired) electrons. The van der Waals surface area contributed by atoms with E-state index in [1.807, 2.05) is 13.8 Å². The van der Waals surface area contributed by atoms with Crippen molar-refractivity contribution in [3.8, 4) is 0 Å². The third-order valence-corrected chi connectivity index (χ3v) is 3.06. The predicted molar refractivity (Wildman–Crippen MR) is 85.4 cm³/mol. The second-order valence-electron chi connectivity index (χ2n) is 5.07. The lowest BCUT2D eigenvalue weighted by atomic mass is 10.1. The van der Waals surface area contributed by atoms with E-state index < -0.39 is 5.91 Å². The zero-order valence-corrected chi connectivity index (χ0v) is 13.0. The Kier molecular flexibility index (Phi) is 4.71. The van der Waals surface area contributed by atoms with Crippen molar-refractivity contribution >= 4 is 34.9 Å². The first-order valence-corrected chi connectivity index (χ1v) is 7.11. The van der Waals surface area contributed by atoms with E-state index in [1.165, 1.54) is 18.2 Å². The van der Waals surface area contributed by atoms with Crippen molar-refractivity contribution in [2.75, 3.05) is 6.54 Å². The fraction of sp³-hybridized carbons (Fsp3) is 0.286. The van der Waals surface area contributed by atoms with Crippen LogP contribution in [0.4, 0.5) is 0 Å². The molecule has 0 unspecified atom stereocenters. The largest absolute Gasteiger partial charge is 0.352 e. The summed E-state index contributed by atoms with van der Waals surface area (Å²) >= 11 is 4.90. The van der Waals surface area contributed by atoms with Gasteiger partial charge in [0.15, 0.2) is 4.77 Å². The molecule has 1 aromatic carbocycles. The zero-order chi connectivity index (χ0) is 16.3. The van der Waals surface area contributed by atoms with Gasteiger partial charge in [0.05, 0.1) is 17.4 Å². The van der Waals surface area contributed by atoms with Gasteiger partial charge in [-0.15, -0.1) is 0 Å². The number of fused-ring (bicyclic) bond motifs is 1. The van der Waals surface area contributed by atoms with Crippen molar-refractivity contribution in [1.29, 1.82) is 0 Å². The van der Waals surface area contributed by atoms with E-state index in [0.29, 0.717) is 16.5 Å². The summed E-state index contributed by atoms with van der Waals surface area (Å²) in [6, 6.07) is 4.58. The third kappa shape index (κ3) is 3.79. The molecule has 1 aromatic heterocycles. The summed E-state index contributed by atoms with van der Waals surface area (Å²) in [7, 11) is 0. The first-order chi connectivity index (χ1) is 10.4. The molecule has 4 N–H and O–H groups in total. The molecular formula is C14H16N4O3S. The van der Waals surface area contributed by atoms with Crippen LogP contribution in [0.1, 0.15) is 24.2 Å². The molecule has 2 rings (SSSR count). The van der Waals surface area contributed by atoms with Crippen LogP contribution in [0.3, 0.4) is 0 Å². The SMILES string of the molecule is CC(C)NC(=O)CNC(=O)c1ccc2c(=O)[nH]c(=S)[nH]c2c1. The minimum Gasteiger partial charge on any atom is -0.352 e. The Bertz CT molecular complexity index is 838. The van der Waals surface area contributed by atoms with E-state index in [9.17, 15) is 14.4 Å². The van der Waals surface area contributed by atoms with Crippen LogP contribution in [0.2, 0.25) is 0 Å². The van der Waals surface area contributed by atoms with Gasteiger partial charge in [0.2, 0.25) is 5.91 Å². The average Bonchev–Trinajstić information content (AvgIpc) is 2.43. The Morgan fingerprint density at radius 1 is 1.27 bits per heavy atom. The number of carbonyl (C=O) groups excluding carboxylic acids is 2. The summed E-state index contributed by atoms with van der Waals surface area (Å²) in [5.41, 5.74) is 0.483. The van der Waals surface area contributed by atoms with Crippen LogP contribution >= 0.6 is 12.2 Å². The summed E-state index contributed by atoms with van der Waals surface area (Å²) in [5, 5.41) is 5.60. The van der Waals surface area contributed by atoms with Crippen LogP contribution in [0, 0.1) is 4.77 Å². The zero-order valence-electron chi connectivity index (χ0n) is 12.1. The van der Waals surface area contributed by atoms with E-state index in [0.717, 1.165) is 0 Å². The lowest BCUT2D eigenvalue weighted by molar-refractivity contribution is -0.120. The first kappa shape index (κ1) is 15.9. The van der Waals surface area contributed by atoms with Crippen LogP contribution in [-0.2, 0) is 4.79 Å². The number of aromatic amines is 2. The highest BCUT2D eigenvalue weighted by atomic mass is 32.1. The Balaban J connectivity index is 2.17. The van der Waals surface area contributed by atoms with Gasteiger partial charge in [-0.25, -0.2) is 0 Å². The van der Waals surface area contributed by atoms with E-state index in [1.54, 1.807) is 0 Å². The maximum Gasteiger partial charge on any atom is 0.259 e. The highest BCUT2D eigenvalue weighted by Gasteiger charge is 2.10. The summed E-state index contributed by atoms with van der Waals surface area (Å²) < 4.78 is 0.186. The Labute approximate surface area is 131 Å². The highest BCUT2D eigenvalue weighted by Crippen LogP contribution is 2.09. The van der Waals surface area contributed by atoms with Crippen molar-refractivity contribution in [3.63, 3.8) is 0 Å². The summed E-state index contributed by atoms with van der Waals surface area (Å²) in [6.07, 6.45) is 0. The number of hydrogen-bond donors (Lipinski definition) is 4. The van der Waals surface area contributed by atoms with Gasteiger partial charge in [-0.05, 0) is 44.3 Å². The number of hydrogen-bond acceptors (Lipinski definition) is 4. The molecule has 0 atom stereocenters. The Morgan fingerprint density at radius 2 is 2.00 bits per heavy atom. The summed E-state index contributed by atoms with van der Waals surface area (Å²) in [5.74, 6) is -0.666. The second kappa shape index (κ2) is 6.52. The number of aromatic nitrogens is 2. The monoisotopic (exact) mass is 320 g/mol. The average molecular weight is 320 g/mol. The van der Waals surface area contributed by atoms with Crippen LogP contribution in [0.25, 0.3) is 10.9 Å². The standard InChI is InChI=1S/C14H16N4O3S/c1-7(2)16-11(19)6-15-12(20)8-3-4-9-10(5-8)17-14(22)18-13(9)21/h3-5,7H,6H2,1-2H3,(H,15,20)(H,16,19)(H2,17,18,21,22). The van der Waals surface area contributed by atoms with E-state index in [4.69, 9.17) is 12.2 Å². The van der Waals surface area contributed by atoms with E-state index in [-0.39, 0.29) is 28.8 Å². The molecule has 0 spiro atoms. The first-order valence-electron chi connectivity index (χ1n) is 6.71. The molecule has 116 valence electrons. The highest BCUT2D eigenvalue weighted by molar-refractivity contribution is 7.71. The van der Waals surface area contributed by atoms with Crippen molar-refractivity contribution in [2.24, 2.45) is 0 Å². The maximum absolute atomic E-state index is 12.0. The molecule has 8 heteroatoms. The van der Waals surface area contributed by atoms with Crippen molar-refractivity contribution < 1.29 is 9.59 Å². The van der Waals surface area contributed by atoms with E-state index >= 15 is 0 Å². The van der Waals surface area contributed by atoms with Gasteiger partial charge in [0, 0.05) is 11.6 Å². The van der Waals surface area contributed by atoms with Gasteiger partial charge in [-0.3, -0.25) is 19.4 Å². The molecule has 22 heavy (non-hydrogen) atoms. The van der Waals surface area contributed by atoms with Gasteiger partial charge in [0.25, 0.3) is 11.5 Å². The van der Waals surface area contributed by atoms with Gasteiger partial charge in [-0.1, -0.05) is 0 Å². The van der Waals surface area contributed by atoms with Crippen molar-refractivity contribution in [2.45, 2.75) is 19.9 Å². The molecule has 0 fully saturated rings. The summed E-state index contributed by atoms with van der Waals surface area (Å²) in [4.78, 5) is 40.5. The molecule has 0 saturated heterocycles. The van der Waals surface area contributed by atoms with Gasteiger partial charge in [-0.2, -0.15) is 0 Å². The topological polar surface area (TPSA) is 107 Å². The quantitative estimate of drug-likeness (QED) is 0.626. The van der Waals surface area contributed by atoms with Gasteiger partial charge >= 0.3 is 0 Å². The predicted octanol–water partition coefficient (Wildman–Crippen LogP) is 0.840. The molecule has 7 nitrogen and oxygen atoms in total. The number of rotatable bonds is 4. The van der Waals surface area contributed by atoms with Crippen molar-refractivity contribution in [1.82, 2.24) is 20.6 Å². The van der Waals surface area contributed by atoms with Crippen molar-refractivity contribution in [3.05, 3.63) is 38.9 Å². The van der Waals surface area contributed by atoms with Crippen LogP contribution in [0.5, 0.6) is 0 Å². The van der Waals surface area contributed by atoms with E-state index in [2.05, 4.69) is 20.6 Å². The molecular weight excluding hydrogens is 304 g/mol. The number of amides is 2. The molecule has 0 aliphatic carbocycles. The molecule has 2 amide bonds. The molecule has 2 aromatic rings. The number of nitrogens with one attached hydrogen (secondary N) is 4. The minimum absolute atomic E-state index is 0.0110. The smallest absolute Gasteiger partial charge is 0.259 e. The summed E-state index contributed by atoms with van der Waals surface area (Å²) in [6.45, 7) is 3.56. The fourth-order valence-electron chi connectivity index (χ4n) is 1.95. The number of carbonyl (C=O) groups is 2. The van der Waals surface area contributed by atoms with Gasteiger partial charge in [0.1, 0.15) is 0 Å². The van der Waals surface area contributed by atoms with Crippen LogP contribution in [0.15, 0.2) is 23.0 Å². The number of H-pyrrole nitrogens is 2. The lowest BCUT2D eigenvalue weighted by Gasteiger charge is -2.09. The molecule has 1 heterocycles. The Hall–Kier alpha value is -2.48. The fourth-order valence-corrected chi connectivity index (χ4v) is 2.15. The molecule has 0 aliphatic rings. The normalized spacial score (nSPS) is 10.7. The van der Waals surface area contributed by atoms with Crippen LogP contribution < -0.4 is 16.2 Å².